The Bertz CT molecular complexity index is 3590. The number of thiocarbonyl (C=S) groups is 1. The van der Waals surface area contributed by atoms with Crippen molar-refractivity contribution < 1.29 is 56.6 Å². The van der Waals surface area contributed by atoms with Crippen molar-refractivity contribution in [2.45, 2.75) is 119 Å². The maximum absolute atomic E-state index is 14.4. The number of benzene rings is 7. The zero-order chi connectivity index (χ0) is 63.1. The maximum atomic E-state index is 14.4. The van der Waals surface area contributed by atoms with E-state index in [2.05, 4.69) is 79.4 Å². The Kier molecular flexibility index (Phi) is 19.8. The lowest BCUT2D eigenvalue weighted by Gasteiger charge is -2.36. The number of esters is 3. The first-order valence-corrected chi connectivity index (χ1v) is 30.7. The van der Waals surface area contributed by atoms with Crippen LogP contribution < -0.4 is 34.3 Å². The SMILES string of the molecule is COc1ccc(C(OCc2cc(CNC(=S)Nc3ccc4c(c3)C(=O)OC43c4ccc(OC(=O)C(C)(C)C)cc4Oc4cc(OC(=O)C(C)(C)C)ccc43)cc(COP(OCCC#N)N(C(C)C)C(C)C)c2)(c2ccccc2)c2ccc(OC)cc2)cc1. The van der Waals surface area contributed by atoms with Crippen molar-refractivity contribution >= 4 is 49.5 Å². The molecule has 0 saturated heterocycles. The third-order valence-electron chi connectivity index (χ3n) is 14.9. The number of methoxy groups -OCH3 is 2. The molecule has 0 aromatic heterocycles. The van der Waals surface area contributed by atoms with E-state index in [0.717, 1.165) is 33.4 Å². The van der Waals surface area contributed by atoms with Crippen LogP contribution in [0.5, 0.6) is 34.5 Å². The van der Waals surface area contributed by atoms with Gasteiger partial charge in [-0.05, 0) is 175 Å². The Morgan fingerprint density at radius 2 is 1.14 bits per heavy atom. The number of fused-ring (bicyclic) bond motifs is 6. The topological polar surface area (TPSA) is 185 Å². The Morgan fingerprint density at radius 1 is 0.636 bits per heavy atom. The van der Waals surface area contributed by atoms with Gasteiger partial charge in [0.15, 0.2) is 10.7 Å². The van der Waals surface area contributed by atoms with Gasteiger partial charge in [0.25, 0.3) is 8.53 Å². The minimum atomic E-state index is -1.57. The summed E-state index contributed by atoms with van der Waals surface area (Å²) in [7, 11) is 1.71. The molecule has 0 radical (unpaired) electrons. The quantitative estimate of drug-likeness (QED) is 0.0163. The van der Waals surface area contributed by atoms with E-state index in [-0.39, 0.29) is 78.5 Å². The molecule has 0 saturated carbocycles. The minimum absolute atomic E-state index is 0.0960. The molecule has 88 heavy (non-hydrogen) atoms. The molecule has 2 heterocycles. The number of ether oxygens (including phenoxy) is 7. The number of carbonyl (C=O) groups excluding carboxylic acids is 3. The number of hydrogen-bond acceptors (Lipinski definition) is 15. The van der Waals surface area contributed by atoms with Crippen LogP contribution in [0.3, 0.4) is 0 Å². The van der Waals surface area contributed by atoms with E-state index in [1.807, 2.05) is 78.9 Å². The van der Waals surface area contributed by atoms with Crippen molar-refractivity contribution in [2.75, 3.05) is 26.1 Å². The van der Waals surface area contributed by atoms with Crippen LogP contribution in [0.15, 0.2) is 152 Å². The van der Waals surface area contributed by atoms with Gasteiger partial charge in [-0.1, -0.05) is 78.9 Å². The summed E-state index contributed by atoms with van der Waals surface area (Å²) in [5.74, 6) is 0.917. The van der Waals surface area contributed by atoms with Crippen LogP contribution in [0.1, 0.15) is 136 Å². The standard InChI is InChI=1S/C70H75N4O12PS/c1-44(2)74(45(3)4)87(81-34-16-33-71)82-43-48-36-46(35-47(37-48)42-80-69(49-17-14-13-15-18-49,50-19-24-53(78-11)25-20-50)51-21-26-54(79-12)27-22-51)41-72-66(88)73-52-23-30-58-57(38-52)63(75)86-70(58)59-31-28-55(83-64(76)67(5,6)7)39-61(59)85-62-40-56(29-32-60(62)70)84-65(77)68(8,9)10/h13-15,17-32,35-40,44-45H,16,34,41-43H2,1-12H3,(H2,72,73,88). The summed E-state index contributed by atoms with van der Waals surface area (Å²) in [6.07, 6.45) is 0.225. The summed E-state index contributed by atoms with van der Waals surface area (Å²) in [4.78, 5) is 40.5. The molecule has 458 valence electrons. The number of rotatable bonds is 22. The fourth-order valence-electron chi connectivity index (χ4n) is 10.6. The first-order chi connectivity index (χ1) is 42.0. The summed E-state index contributed by atoms with van der Waals surface area (Å²) in [5.41, 5.74) is 3.34. The van der Waals surface area contributed by atoms with Crippen molar-refractivity contribution in [3.05, 3.63) is 207 Å². The number of nitrogens with zero attached hydrogens (tertiary/aromatic N) is 2. The molecule has 16 nitrogen and oxygen atoms in total. The zero-order valence-electron chi connectivity index (χ0n) is 51.8. The van der Waals surface area contributed by atoms with Crippen LogP contribution in [0.2, 0.25) is 0 Å². The molecule has 9 rings (SSSR count). The van der Waals surface area contributed by atoms with Crippen LogP contribution in [0.4, 0.5) is 5.69 Å². The summed E-state index contributed by atoms with van der Waals surface area (Å²) < 4.78 is 58.4. The molecule has 1 spiro atoms. The molecule has 1 atom stereocenters. The lowest BCUT2D eigenvalue weighted by atomic mass is 9.77. The van der Waals surface area contributed by atoms with E-state index in [0.29, 0.717) is 33.9 Å². The summed E-state index contributed by atoms with van der Waals surface area (Å²) in [6, 6.07) is 49.7. The average molecular weight is 1230 g/mol. The molecule has 18 heteroatoms. The van der Waals surface area contributed by atoms with Gasteiger partial charge in [-0.2, -0.15) is 5.26 Å². The Labute approximate surface area is 522 Å². The number of carbonyl (C=O) groups is 3. The van der Waals surface area contributed by atoms with Crippen LogP contribution in [0.25, 0.3) is 0 Å². The smallest absolute Gasteiger partial charge is 0.340 e. The molecule has 0 fully saturated rings. The largest absolute Gasteiger partial charge is 0.497 e. The van der Waals surface area contributed by atoms with Gasteiger partial charge in [0, 0.05) is 53.1 Å². The highest BCUT2D eigenvalue weighted by molar-refractivity contribution is 7.80. The lowest BCUT2D eigenvalue weighted by molar-refractivity contribution is -0.143. The molecular formula is C70H75N4O12PS. The molecule has 0 aliphatic carbocycles. The third-order valence-corrected chi connectivity index (χ3v) is 17.2. The van der Waals surface area contributed by atoms with E-state index in [9.17, 15) is 19.6 Å². The highest BCUT2D eigenvalue weighted by atomic mass is 32.1. The summed E-state index contributed by atoms with van der Waals surface area (Å²) >= 11 is 5.99. The second-order valence-corrected chi connectivity index (χ2v) is 26.0. The van der Waals surface area contributed by atoms with E-state index in [4.69, 9.17) is 54.4 Å². The molecule has 2 aliphatic rings. The predicted molar refractivity (Wildman–Crippen MR) is 341 cm³/mol. The maximum Gasteiger partial charge on any atom is 0.340 e. The van der Waals surface area contributed by atoms with Gasteiger partial charge in [0.1, 0.15) is 40.1 Å². The second kappa shape index (κ2) is 27.0. The normalized spacial score (nSPS) is 13.6. The van der Waals surface area contributed by atoms with Gasteiger partial charge >= 0.3 is 17.9 Å². The number of anilines is 1. The Hall–Kier alpha value is -8.20. The average Bonchev–Trinajstić information content (AvgIpc) is 1.53. The van der Waals surface area contributed by atoms with Gasteiger partial charge in [-0.15, -0.1) is 0 Å². The number of nitriles is 1. The van der Waals surface area contributed by atoms with Gasteiger partial charge in [0.05, 0.1) is 62.9 Å². The van der Waals surface area contributed by atoms with E-state index in [1.54, 1.807) is 98.2 Å². The third kappa shape index (κ3) is 14.0. The molecule has 7 aromatic carbocycles. The monoisotopic (exact) mass is 1230 g/mol. The van der Waals surface area contributed by atoms with Crippen molar-refractivity contribution in [2.24, 2.45) is 10.8 Å². The van der Waals surface area contributed by atoms with Gasteiger partial charge in [-0.25, -0.2) is 9.46 Å². The first-order valence-electron chi connectivity index (χ1n) is 29.1. The molecule has 0 amide bonds. The molecule has 2 N–H and O–H groups in total. The molecule has 2 aliphatic heterocycles. The fraction of sp³-hybridized carbons (Fsp3) is 0.329. The van der Waals surface area contributed by atoms with Crippen molar-refractivity contribution in [3.63, 3.8) is 0 Å². The highest BCUT2D eigenvalue weighted by Gasteiger charge is 2.54. The van der Waals surface area contributed by atoms with Crippen molar-refractivity contribution in [3.8, 4) is 40.6 Å². The summed E-state index contributed by atoms with van der Waals surface area (Å²) in [5, 5.41) is 16.4. The van der Waals surface area contributed by atoms with Crippen molar-refractivity contribution in [1.82, 2.24) is 9.99 Å². The van der Waals surface area contributed by atoms with Gasteiger partial charge < -0.3 is 52.8 Å². The summed E-state index contributed by atoms with van der Waals surface area (Å²) in [6.45, 7) is 19.8. The minimum Gasteiger partial charge on any atom is -0.497 e. The van der Waals surface area contributed by atoms with Crippen LogP contribution in [0, 0.1) is 22.2 Å². The Balaban J connectivity index is 1.03. The van der Waals surface area contributed by atoms with Gasteiger partial charge in [0.2, 0.25) is 0 Å². The fourth-order valence-corrected chi connectivity index (χ4v) is 12.4. The molecule has 1 unspecified atom stereocenters. The number of nitrogens with one attached hydrogen (secondary N) is 2. The Morgan fingerprint density at radius 3 is 1.65 bits per heavy atom. The lowest BCUT2D eigenvalue weighted by Crippen LogP contribution is -2.33. The van der Waals surface area contributed by atoms with Gasteiger partial charge in [-0.3, -0.25) is 9.59 Å². The first kappa shape index (κ1) is 64.3. The second-order valence-electron chi connectivity index (χ2n) is 24.1. The number of hydrogen-bond donors (Lipinski definition) is 2. The highest BCUT2D eigenvalue weighted by Crippen LogP contribution is 2.58. The van der Waals surface area contributed by atoms with Crippen LogP contribution >= 0.6 is 20.7 Å². The van der Waals surface area contributed by atoms with E-state index < -0.39 is 48.5 Å². The van der Waals surface area contributed by atoms with Crippen LogP contribution in [-0.4, -0.2) is 60.6 Å². The molecular weight excluding hydrogens is 1150 g/mol. The predicted octanol–water partition coefficient (Wildman–Crippen LogP) is 15.0. The zero-order valence-corrected chi connectivity index (χ0v) is 53.5. The van der Waals surface area contributed by atoms with Crippen molar-refractivity contribution in [1.29, 1.82) is 5.26 Å². The molecule has 0 bridgehead atoms. The van der Waals surface area contributed by atoms with Crippen LogP contribution in [-0.2, 0) is 59.1 Å². The van der Waals surface area contributed by atoms with E-state index in [1.165, 1.54) is 0 Å². The molecule has 7 aromatic rings. The van der Waals surface area contributed by atoms with E-state index >= 15 is 0 Å².